The lowest BCUT2D eigenvalue weighted by molar-refractivity contribution is -0.106. The summed E-state index contributed by atoms with van der Waals surface area (Å²) in [6, 6.07) is 7.85. The van der Waals surface area contributed by atoms with Gasteiger partial charge >= 0.3 is 0 Å². The molecule has 3 N–H and O–H groups in total. The molecular formula is C26H48N4O2. The van der Waals surface area contributed by atoms with Crippen molar-refractivity contribution in [2.75, 3.05) is 34.3 Å². The minimum Gasteiger partial charge on any atom is -0.497 e. The number of nitrogens with one attached hydrogen (secondary N) is 1. The minimum absolute atomic E-state index is 0.250. The van der Waals surface area contributed by atoms with Crippen molar-refractivity contribution in [1.82, 2.24) is 14.8 Å². The summed E-state index contributed by atoms with van der Waals surface area (Å²) in [6.07, 6.45) is 8.81. The fraction of sp³-hybridized carbons (Fsp3) is 0.654. The average molecular weight is 449 g/mol. The van der Waals surface area contributed by atoms with Crippen LogP contribution in [0, 0.1) is 0 Å². The van der Waals surface area contributed by atoms with Crippen LogP contribution in [0.5, 0.6) is 5.75 Å². The second kappa shape index (κ2) is 17.5. The van der Waals surface area contributed by atoms with Gasteiger partial charge in [0.05, 0.1) is 12.6 Å². The molecule has 1 heterocycles. The molecule has 1 fully saturated rings. The van der Waals surface area contributed by atoms with Gasteiger partial charge in [0.2, 0.25) is 6.41 Å². The lowest BCUT2D eigenvalue weighted by Crippen LogP contribution is -2.33. The van der Waals surface area contributed by atoms with Gasteiger partial charge in [-0.25, -0.2) is 0 Å². The normalized spacial score (nSPS) is 17.3. The second-order valence-electron chi connectivity index (χ2n) is 7.70. The molecule has 1 aliphatic rings. The second-order valence-corrected chi connectivity index (χ2v) is 7.70. The van der Waals surface area contributed by atoms with Crippen LogP contribution in [0.1, 0.15) is 71.9 Å². The molecule has 1 aromatic carbocycles. The topological polar surface area (TPSA) is 72.5 Å². The number of fused-ring (bicyclic) bond motifs is 1. The molecule has 2 aromatic rings. The first kappa shape index (κ1) is 29.9. The van der Waals surface area contributed by atoms with E-state index in [9.17, 15) is 0 Å². The van der Waals surface area contributed by atoms with Crippen molar-refractivity contribution in [1.29, 1.82) is 0 Å². The Morgan fingerprint density at radius 1 is 1.16 bits per heavy atom. The third-order valence-electron chi connectivity index (χ3n) is 5.54. The van der Waals surface area contributed by atoms with E-state index in [-0.39, 0.29) is 6.41 Å². The highest BCUT2D eigenvalue weighted by atomic mass is 16.5. The van der Waals surface area contributed by atoms with E-state index < -0.39 is 0 Å². The van der Waals surface area contributed by atoms with E-state index in [1.54, 1.807) is 7.11 Å². The highest BCUT2D eigenvalue weighted by molar-refractivity contribution is 5.85. The smallest absolute Gasteiger partial charge is 0.204 e. The molecule has 0 unspecified atom stereocenters. The van der Waals surface area contributed by atoms with Crippen LogP contribution in [-0.2, 0) is 11.2 Å². The summed E-state index contributed by atoms with van der Waals surface area (Å²) < 4.78 is 8.02. The van der Waals surface area contributed by atoms with Gasteiger partial charge < -0.3 is 25.3 Å². The first-order valence-electron chi connectivity index (χ1n) is 12.2. The van der Waals surface area contributed by atoms with Crippen molar-refractivity contribution in [3.8, 4) is 5.75 Å². The summed E-state index contributed by atoms with van der Waals surface area (Å²) in [6.45, 7) is 12.4. The van der Waals surface area contributed by atoms with Crippen molar-refractivity contribution >= 4 is 17.3 Å². The van der Waals surface area contributed by atoms with Crippen molar-refractivity contribution < 1.29 is 9.53 Å². The Labute approximate surface area is 196 Å². The van der Waals surface area contributed by atoms with E-state index >= 15 is 0 Å². The highest BCUT2D eigenvalue weighted by Crippen LogP contribution is 2.35. The van der Waals surface area contributed by atoms with Gasteiger partial charge in [0, 0.05) is 36.3 Å². The number of ether oxygens (including phenoxy) is 1. The number of carbonyl (C=O) groups is 1. The van der Waals surface area contributed by atoms with Crippen LogP contribution in [0.2, 0.25) is 0 Å². The summed E-state index contributed by atoms with van der Waals surface area (Å²) in [4.78, 5) is 10.8. The molecule has 184 valence electrons. The summed E-state index contributed by atoms with van der Waals surface area (Å²) in [5.41, 5.74) is 6.96. The van der Waals surface area contributed by atoms with Gasteiger partial charge in [0.25, 0.3) is 0 Å². The van der Waals surface area contributed by atoms with Crippen LogP contribution in [-0.4, -0.2) is 56.2 Å². The number of benzene rings is 1. The van der Waals surface area contributed by atoms with Crippen LogP contribution in [0.15, 0.2) is 24.4 Å². The number of nitrogens with two attached hydrogens (primary N) is 1. The maximum Gasteiger partial charge on any atom is 0.204 e. The van der Waals surface area contributed by atoms with Crippen molar-refractivity contribution in [2.24, 2.45) is 5.73 Å². The minimum atomic E-state index is 0.250. The van der Waals surface area contributed by atoms with E-state index in [1.807, 2.05) is 27.7 Å². The number of carbonyl (C=O) groups excluding carboxylic acids is 1. The fourth-order valence-corrected chi connectivity index (χ4v) is 4.12. The predicted molar refractivity (Wildman–Crippen MR) is 139 cm³/mol. The lowest BCUT2D eigenvalue weighted by Gasteiger charge is -2.30. The van der Waals surface area contributed by atoms with Gasteiger partial charge in [0.1, 0.15) is 5.75 Å². The summed E-state index contributed by atoms with van der Waals surface area (Å²) in [5.74, 6) is 0.951. The Morgan fingerprint density at radius 2 is 1.75 bits per heavy atom. The van der Waals surface area contributed by atoms with Crippen LogP contribution in [0.4, 0.5) is 0 Å². The standard InChI is InChI=1S/C21H33N3O.2C2H6.CH3NO/c1-5-22-17-6-8-18(9-7-17)24-15-16(12-13-23(2)3)20-11-10-19(25-4)14-21(20)24;2*1-2;2-1-3/h10-11,14-15,17-18,22H,5-9,12-13H2,1-4H3;2*1-2H3;1H,(H2,2,3). The molecule has 0 spiro atoms. The molecule has 6 heteroatoms. The molecular weight excluding hydrogens is 400 g/mol. The number of hydrogen-bond donors (Lipinski definition) is 2. The third-order valence-corrected chi connectivity index (χ3v) is 5.54. The number of nitrogens with zero attached hydrogens (tertiary/aromatic N) is 2. The third kappa shape index (κ3) is 9.21. The molecule has 0 atom stereocenters. The Hall–Kier alpha value is -2.05. The quantitative estimate of drug-likeness (QED) is 0.585. The number of aromatic nitrogens is 1. The lowest BCUT2D eigenvalue weighted by atomic mass is 9.91. The Balaban J connectivity index is 0.00000124. The molecule has 0 aliphatic heterocycles. The average Bonchev–Trinajstić information content (AvgIpc) is 3.19. The van der Waals surface area contributed by atoms with Gasteiger partial charge in [-0.3, -0.25) is 4.79 Å². The molecule has 0 bridgehead atoms. The molecule has 0 radical (unpaired) electrons. The zero-order valence-corrected chi connectivity index (χ0v) is 21.8. The zero-order valence-electron chi connectivity index (χ0n) is 21.8. The molecule has 0 saturated heterocycles. The van der Waals surface area contributed by atoms with Gasteiger partial charge in [-0.1, -0.05) is 34.6 Å². The largest absolute Gasteiger partial charge is 0.497 e. The zero-order chi connectivity index (χ0) is 24.5. The number of methoxy groups -OCH3 is 1. The number of amides is 1. The van der Waals surface area contributed by atoms with Crippen molar-refractivity contribution in [2.45, 2.75) is 78.8 Å². The summed E-state index contributed by atoms with van der Waals surface area (Å²) in [5, 5.41) is 5.00. The maximum absolute atomic E-state index is 8.58. The van der Waals surface area contributed by atoms with Crippen molar-refractivity contribution in [3.63, 3.8) is 0 Å². The molecule has 1 amide bonds. The Kier molecular flexibility index (Phi) is 16.4. The summed E-state index contributed by atoms with van der Waals surface area (Å²) in [7, 11) is 6.04. The Morgan fingerprint density at radius 3 is 2.25 bits per heavy atom. The van der Waals surface area contributed by atoms with Crippen LogP contribution in [0.3, 0.4) is 0 Å². The molecule has 6 nitrogen and oxygen atoms in total. The van der Waals surface area contributed by atoms with E-state index in [1.165, 1.54) is 42.1 Å². The van der Waals surface area contributed by atoms with Crippen LogP contribution < -0.4 is 15.8 Å². The fourth-order valence-electron chi connectivity index (χ4n) is 4.12. The van der Waals surface area contributed by atoms with Gasteiger partial charge in [-0.2, -0.15) is 0 Å². The van der Waals surface area contributed by atoms with Gasteiger partial charge in [-0.15, -0.1) is 0 Å². The van der Waals surface area contributed by atoms with Crippen LogP contribution >= 0.6 is 0 Å². The number of hydrogen-bond acceptors (Lipinski definition) is 4. The van der Waals surface area contributed by atoms with E-state index in [0.717, 1.165) is 25.3 Å². The molecule has 32 heavy (non-hydrogen) atoms. The van der Waals surface area contributed by atoms with E-state index in [2.05, 4.69) is 65.9 Å². The Bertz CT molecular complexity index is 735. The monoisotopic (exact) mass is 448 g/mol. The van der Waals surface area contributed by atoms with E-state index in [0.29, 0.717) is 12.1 Å². The van der Waals surface area contributed by atoms with Gasteiger partial charge in [-0.05, 0) is 70.4 Å². The van der Waals surface area contributed by atoms with Crippen LogP contribution in [0.25, 0.3) is 10.9 Å². The predicted octanol–water partition coefficient (Wildman–Crippen LogP) is 5.00. The number of likely N-dealkylation sites (N-methyl/N-ethyl adjacent to an activating group) is 1. The number of rotatable bonds is 7. The first-order valence-corrected chi connectivity index (χ1v) is 12.2. The maximum atomic E-state index is 8.58. The molecule has 3 rings (SSSR count). The highest BCUT2D eigenvalue weighted by Gasteiger charge is 2.23. The SMILES string of the molecule is CC.CC.CCNC1CCC(n2cc(CCN(C)C)c3ccc(OC)cc32)CC1.NC=O. The van der Waals surface area contributed by atoms with E-state index in [4.69, 9.17) is 9.53 Å². The molecule has 1 saturated carbocycles. The molecule has 1 aromatic heterocycles. The summed E-state index contributed by atoms with van der Waals surface area (Å²) >= 11 is 0. The molecule has 1 aliphatic carbocycles. The van der Waals surface area contributed by atoms with Crippen molar-refractivity contribution in [3.05, 3.63) is 30.0 Å². The number of primary amides is 1. The van der Waals surface area contributed by atoms with Gasteiger partial charge in [0.15, 0.2) is 0 Å². The first-order chi connectivity index (χ1) is 15.5.